The number of nitrogens with zero attached hydrogens (tertiary/aromatic N) is 2. The van der Waals surface area contributed by atoms with Crippen LogP contribution in [0.1, 0.15) is 0 Å². The van der Waals surface area contributed by atoms with Gasteiger partial charge in [0.05, 0.1) is 11.4 Å². The van der Waals surface area contributed by atoms with Crippen molar-refractivity contribution in [3.8, 4) is 67.3 Å². The third kappa shape index (κ3) is 5.82. The van der Waals surface area contributed by atoms with Gasteiger partial charge in [0.1, 0.15) is 0 Å². The fourth-order valence-electron chi connectivity index (χ4n) is 8.72. The highest BCUT2D eigenvalue weighted by Crippen LogP contribution is 2.44. The lowest BCUT2D eigenvalue weighted by atomic mass is 9.87. The summed E-state index contributed by atoms with van der Waals surface area (Å²) in [5.74, 6) is 0.694. The Balaban J connectivity index is 1.14. The van der Waals surface area contributed by atoms with Crippen molar-refractivity contribution in [3.63, 3.8) is 0 Å². The minimum atomic E-state index is 0.694. The topological polar surface area (TPSA) is 25.8 Å². The third-order valence-electron chi connectivity index (χ3n) is 11.5. The standard InChI is InChI=1S/C56H36N2/c1-3-15-37(16-4-1)38-27-29-41(30-28-38)53-36-54(48-26-14-11-21-43(48)39-17-5-2-6-18-39)58-56(57-53)51-34-33-49(46-24-12-13-25-47(46)51)55-45-23-10-8-20-42(45)35-52-44-22-9-7-19-40(44)31-32-50(52)55/h1-36H. The highest BCUT2D eigenvalue weighted by atomic mass is 14.9. The van der Waals surface area contributed by atoms with Crippen LogP contribution in [0.3, 0.4) is 0 Å². The molecule has 0 saturated heterocycles. The summed E-state index contributed by atoms with van der Waals surface area (Å²) < 4.78 is 0. The maximum atomic E-state index is 5.43. The lowest BCUT2D eigenvalue weighted by Gasteiger charge is -2.18. The molecular formula is C56H36N2. The summed E-state index contributed by atoms with van der Waals surface area (Å²) in [6.45, 7) is 0. The summed E-state index contributed by atoms with van der Waals surface area (Å²) >= 11 is 0. The Hall–Kier alpha value is -7.68. The number of aromatic nitrogens is 2. The number of hydrogen-bond acceptors (Lipinski definition) is 2. The lowest BCUT2D eigenvalue weighted by Crippen LogP contribution is -1.98. The Labute approximate surface area is 337 Å². The van der Waals surface area contributed by atoms with Crippen molar-refractivity contribution >= 4 is 43.1 Å². The van der Waals surface area contributed by atoms with Gasteiger partial charge in [0, 0.05) is 16.7 Å². The second-order valence-electron chi connectivity index (χ2n) is 14.9. The summed E-state index contributed by atoms with van der Waals surface area (Å²) in [4.78, 5) is 10.8. The summed E-state index contributed by atoms with van der Waals surface area (Å²) in [5.41, 5.74) is 11.9. The molecule has 58 heavy (non-hydrogen) atoms. The first-order chi connectivity index (χ1) is 28.8. The van der Waals surface area contributed by atoms with E-state index in [-0.39, 0.29) is 0 Å². The zero-order valence-corrected chi connectivity index (χ0v) is 31.7. The minimum Gasteiger partial charge on any atom is -0.228 e. The predicted octanol–water partition coefficient (Wildman–Crippen LogP) is 15.1. The average molecular weight is 737 g/mol. The molecule has 2 nitrogen and oxygen atoms in total. The molecule has 0 amide bonds. The molecule has 11 rings (SSSR count). The number of hydrogen-bond donors (Lipinski definition) is 0. The van der Waals surface area contributed by atoms with E-state index in [2.05, 4.69) is 218 Å². The molecule has 0 fully saturated rings. The van der Waals surface area contributed by atoms with E-state index in [1.165, 1.54) is 60.0 Å². The van der Waals surface area contributed by atoms with Gasteiger partial charge in [0.25, 0.3) is 0 Å². The van der Waals surface area contributed by atoms with Crippen LogP contribution in [0.15, 0.2) is 218 Å². The molecule has 0 aliphatic carbocycles. The fourth-order valence-corrected chi connectivity index (χ4v) is 8.72. The average Bonchev–Trinajstić information content (AvgIpc) is 3.31. The summed E-state index contributed by atoms with van der Waals surface area (Å²) in [6, 6.07) is 78.1. The molecule has 0 N–H and O–H groups in total. The van der Waals surface area contributed by atoms with Crippen LogP contribution in [0.5, 0.6) is 0 Å². The fraction of sp³-hybridized carbons (Fsp3) is 0. The van der Waals surface area contributed by atoms with Crippen molar-refractivity contribution in [3.05, 3.63) is 218 Å². The van der Waals surface area contributed by atoms with E-state index >= 15 is 0 Å². The van der Waals surface area contributed by atoms with E-state index in [4.69, 9.17) is 9.97 Å². The largest absolute Gasteiger partial charge is 0.228 e. The van der Waals surface area contributed by atoms with Gasteiger partial charge in [-0.15, -0.1) is 0 Å². The zero-order chi connectivity index (χ0) is 38.4. The second-order valence-corrected chi connectivity index (χ2v) is 14.9. The van der Waals surface area contributed by atoms with E-state index in [0.717, 1.165) is 44.6 Å². The normalized spacial score (nSPS) is 11.4. The third-order valence-corrected chi connectivity index (χ3v) is 11.5. The van der Waals surface area contributed by atoms with Crippen LogP contribution >= 0.6 is 0 Å². The van der Waals surface area contributed by atoms with Crippen molar-refractivity contribution in [2.45, 2.75) is 0 Å². The molecule has 0 radical (unpaired) electrons. The molecule has 0 saturated carbocycles. The van der Waals surface area contributed by atoms with Gasteiger partial charge < -0.3 is 0 Å². The molecule has 0 bridgehead atoms. The predicted molar refractivity (Wildman–Crippen MR) is 245 cm³/mol. The number of benzene rings is 10. The molecule has 0 atom stereocenters. The molecule has 1 aromatic heterocycles. The highest BCUT2D eigenvalue weighted by Gasteiger charge is 2.19. The summed E-state index contributed by atoms with van der Waals surface area (Å²) in [7, 11) is 0. The SMILES string of the molecule is c1ccc(-c2ccc(-c3cc(-c4ccccc4-c4ccccc4)nc(-c4ccc(-c5c6ccccc6cc6c5ccc5ccccc56)c5ccccc45)n3)cc2)cc1. The van der Waals surface area contributed by atoms with Crippen molar-refractivity contribution in [2.75, 3.05) is 0 Å². The van der Waals surface area contributed by atoms with Gasteiger partial charge in [-0.05, 0) is 94.7 Å². The molecule has 2 heteroatoms. The van der Waals surface area contributed by atoms with Gasteiger partial charge in [0.2, 0.25) is 0 Å². The number of fused-ring (bicyclic) bond motifs is 5. The summed E-state index contributed by atoms with van der Waals surface area (Å²) in [5, 5.41) is 9.75. The zero-order valence-electron chi connectivity index (χ0n) is 31.7. The molecule has 10 aromatic carbocycles. The minimum absolute atomic E-state index is 0.694. The summed E-state index contributed by atoms with van der Waals surface area (Å²) in [6.07, 6.45) is 0. The van der Waals surface area contributed by atoms with Crippen molar-refractivity contribution in [1.29, 1.82) is 0 Å². The molecule has 0 aliphatic heterocycles. The van der Waals surface area contributed by atoms with E-state index < -0.39 is 0 Å². The Morgan fingerprint density at radius 1 is 0.241 bits per heavy atom. The van der Waals surface area contributed by atoms with Crippen LogP contribution in [0.2, 0.25) is 0 Å². The van der Waals surface area contributed by atoms with Crippen LogP contribution in [-0.4, -0.2) is 9.97 Å². The molecule has 11 aromatic rings. The Morgan fingerprint density at radius 3 is 1.53 bits per heavy atom. The van der Waals surface area contributed by atoms with Crippen LogP contribution < -0.4 is 0 Å². The van der Waals surface area contributed by atoms with Gasteiger partial charge in [0.15, 0.2) is 5.82 Å². The van der Waals surface area contributed by atoms with Gasteiger partial charge in [-0.1, -0.05) is 200 Å². The van der Waals surface area contributed by atoms with E-state index in [1.54, 1.807) is 0 Å². The second kappa shape index (κ2) is 14.1. The lowest BCUT2D eigenvalue weighted by molar-refractivity contribution is 1.19. The molecule has 0 unspecified atom stereocenters. The van der Waals surface area contributed by atoms with E-state index in [1.807, 2.05) is 0 Å². The molecular weight excluding hydrogens is 701 g/mol. The van der Waals surface area contributed by atoms with E-state index in [0.29, 0.717) is 5.82 Å². The molecule has 1 heterocycles. The van der Waals surface area contributed by atoms with Crippen molar-refractivity contribution in [2.24, 2.45) is 0 Å². The van der Waals surface area contributed by atoms with Crippen molar-refractivity contribution < 1.29 is 0 Å². The molecule has 270 valence electrons. The van der Waals surface area contributed by atoms with Gasteiger partial charge in [-0.25, -0.2) is 9.97 Å². The molecule has 0 aliphatic rings. The smallest absolute Gasteiger partial charge is 0.161 e. The van der Waals surface area contributed by atoms with Crippen LogP contribution in [0, 0.1) is 0 Å². The quantitative estimate of drug-likeness (QED) is 0.125. The monoisotopic (exact) mass is 736 g/mol. The first-order valence-corrected chi connectivity index (χ1v) is 19.8. The van der Waals surface area contributed by atoms with E-state index in [9.17, 15) is 0 Å². The van der Waals surface area contributed by atoms with Crippen LogP contribution in [-0.2, 0) is 0 Å². The highest BCUT2D eigenvalue weighted by molar-refractivity contribution is 6.23. The first kappa shape index (κ1) is 33.6. The maximum Gasteiger partial charge on any atom is 0.161 e. The van der Waals surface area contributed by atoms with Gasteiger partial charge in [-0.2, -0.15) is 0 Å². The Morgan fingerprint density at radius 2 is 0.776 bits per heavy atom. The van der Waals surface area contributed by atoms with Crippen LogP contribution in [0.25, 0.3) is 110 Å². The Kier molecular flexibility index (Phi) is 8.19. The van der Waals surface area contributed by atoms with Gasteiger partial charge >= 0.3 is 0 Å². The van der Waals surface area contributed by atoms with Crippen LogP contribution in [0.4, 0.5) is 0 Å². The first-order valence-electron chi connectivity index (χ1n) is 19.8. The van der Waals surface area contributed by atoms with Gasteiger partial charge in [-0.3, -0.25) is 0 Å². The Bertz CT molecular complexity index is 3310. The number of rotatable bonds is 6. The molecule has 0 spiro atoms. The van der Waals surface area contributed by atoms with Crippen molar-refractivity contribution in [1.82, 2.24) is 9.97 Å². The maximum absolute atomic E-state index is 5.43.